The highest BCUT2D eigenvalue weighted by atomic mass is 16.5. The molecule has 11 heteroatoms. The summed E-state index contributed by atoms with van der Waals surface area (Å²) < 4.78 is 16.7. The average Bonchev–Trinajstić information content (AvgIpc) is 3.15. The van der Waals surface area contributed by atoms with E-state index in [4.69, 9.17) is 19.6 Å². The number of aromatic nitrogens is 2. The second-order valence-electron chi connectivity index (χ2n) is 7.51. The van der Waals surface area contributed by atoms with Crippen molar-refractivity contribution in [3.63, 3.8) is 0 Å². The van der Waals surface area contributed by atoms with Crippen molar-refractivity contribution >= 4 is 23.4 Å². The number of H-pyrrole nitrogens is 1. The van der Waals surface area contributed by atoms with Crippen LogP contribution in [0.25, 0.3) is 0 Å². The zero-order valence-corrected chi connectivity index (χ0v) is 19.1. The molecule has 1 aromatic carbocycles. The molecule has 0 spiro atoms. The van der Waals surface area contributed by atoms with Crippen LogP contribution < -0.4 is 21.9 Å². The standard InChI is InChI=1S/C23H26N4O7/c1-14-11-17(15(2)34-14)22(30)33-13-18(28)26(9-10-32-3)19-20(24)27(23(31)25-21(19)29)12-16-7-5-4-6-8-16/h4-8,11H,9-10,12-13,24H2,1-3H3,(H,25,29,31). The maximum Gasteiger partial charge on any atom is 0.342 e. The van der Waals surface area contributed by atoms with Gasteiger partial charge in [-0.1, -0.05) is 30.3 Å². The number of furan rings is 1. The first kappa shape index (κ1) is 24.5. The van der Waals surface area contributed by atoms with E-state index in [0.29, 0.717) is 11.5 Å². The minimum atomic E-state index is -0.844. The van der Waals surface area contributed by atoms with Gasteiger partial charge in [-0.3, -0.25) is 24.0 Å². The summed E-state index contributed by atoms with van der Waals surface area (Å²) in [4.78, 5) is 53.8. The van der Waals surface area contributed by atoms with Crippen LogP contribution in [0.3, 0.4) is 0 Å². The number of esters is 1. The van der Waals surface area contributed by atoms with Crippen molar-refractivity contribution in [2.75, 3.05) is 37.5 Å². The summed E-state index contributed by atoms with van der Waals surface area (Å²) >= 11 is 0. The first-order valence-electron chi connectivity index (χ1n) is 10.4. The largest absolute Gasteiger partial charge is 0.466 e. The zero-order valence-electron chi connectivity index (χ0n) is 19.1. The van der Waals surface area contributed by atoms with Gasteiger partial charge < -0.3 is 19.6 Å². The monoisotopic (exact) mass is 470 g/mol. The molecular weight excluding hydrogens is 444 g/mol. The number of carbonyl (C=O) groups excluding carboxylic acids is 2. The molecule has 3 N–H and O–H groups in total. The van der Waals surface area contributed by atoms with Gasteiger partial charge in [0, 0.05) is 13.7 Å². The van der Waals surface area contributed by atoms with E-state index in [9.17, 15) is 19.2 Å². The summed E-state index contributed by atoms with van der Waals surface area (Å²) in [5.41, 5.74) is 5.37. The fourth-order valence-electron chi connectivity index (χ4n) is 3.42. The topological polar surface area (TPSA) is 150 Å². The number of hydrogen-bond donors (Lipinski definition) is 2. The van der Waals surface area contributed by atoms with Gasteiger partial charge in [-0.05, 0) is 25.5 Å². The number of methoxy groups -OCH3 is 1. The molecule has 180 valence electrons. The summed E-state index contributed by atoms with van der Waals surface area (Å²) in [5, 5.41) is 0. The van der Waals surface area contributed by atoms with Crippen LogP contribution in [0.4, 0.5) is 11.5 Å². The molecule has 0 saturated carbocycles. The van der Waals surface area contributed by atoms with Crippen LogP contribution in [0.5, 0.6) is 0 Å². The molecule has 0 unspecified atom stereocenters. The Kier molecular flexibility index (Phi) is 7.69. The fourth-order valence-corrected chi connectivity index (χ4v) is 3.42. The number of benzene rings is 1. The van der Waals surface area contributed by atoms with Crippen molar-refractivity contribution in [3.8, 4) is 0 Å². The number of aromatic amines is 1. The molecule has 0 saturated heterocycles. The maximum absolute atomic E-state index is 13.0. The van der Waals surface area contributed by atoms with Crippen LogP contribution in [0.1, 0.15) is 27.4 Å². The molecule has 2 aromatic heterocycles. The number of rotatable bonds is 9. The Morgan fingerprint density at radius 3 is 2.50 bits per heavy atom. The van der Waals surface area contributed by atoms with Gasteiger partial charge in [0.2, 0.25) is 0 Å². The number of aryl methyl sites for hydroxylation is 2. The molecule has 3 aromatic rings. The highest BCUT2D eigenvalue weighted by Gasteiger charge is 2.26. The number of carbonyl (C=O) groups is 2. The second-order valence-corrected chi connectivity index (χ2v) is 7.51. The summed E-state index contributed by atoms with van der Waals surface area (Å²) in [6, 6.07) is 10.5. The van der Waals surface area contributed by atoms with Crippen LogP contribution >= 0.6 is 0 Å². The van der Waals surface area contributed by atoms with Crippen LogP contribution in [0, 0.1) is 13.8 Å². The van der Waals surface area contributed by atoms with Crippen molar-refractivity contribution in [1.82, 2.24) is 9.55 Å². The Hall–Kier alpha value is -4.12. The molecule has 0 bridgehead atoms. The lowest BCUT2D eigenvalue weighted by atomic mass is 10.2. The SMILES string of the molecule is COCCN(C(=O)COC(=O)c1cc(C)oc1C)c1c(N)n(Cc2ccccc2)c(=O)[nH]c1=O. The van der Waals surface area contributed by atoms with Gasteiger partial charge in [-0.2, -0.15) is 0 Å². The number of nitrogens with one attached hydrogen (secondary N) is 1. The molecule has 0 atom stereocenters. The van der Waals surface area contributed by atoms with E-state index >= 15 is 0 Å². The molecule has 0 fully saturated rings. The van der Waals surface area contributed by atoms with Crippen LogP contribution in [0.15, 0.2) is 50.4 Å². The van der Waals surface area contributed by atoms with E-state index < -0.39 is 29.7 Å². The molecule has 1 amide bonds. The Bertz CT molecular complexity index is 1290. The normalized spacial score (nSPS) is 10.8. The number of anilines is 2. The van der Waals surface area contributed by atoms with Gasteiger partial charge >= 0.3 is 11.7 Å². The molecule has 0 aliphatic heterocycles. The molecule has 3 rings (SSSR count). The summed E-state index contributed by atoms with van der Waals surface area (Å²) in [6.07, 6.45) is 0. The van der Waals surface area contributed by atoms with Gasteiger partial charge in [0.1, 0.15) is 22.9 Å². The molecule has 0 aliphatic carbocycles. The lowest BCUT2D eigenvalue weighted by molar-refractivity contribution is -0.121. The molecular formula is C23H26N4O7. The molecule has 11 nitrogen and oxygen atoms in total. The summed E-state index contributed by atoms with van der Waals surface area (Å²) in [7, 11) is 1.43. The predicted octanol–water partition coefficient (Wildman–Crippen LogP) is 1.21. The number of nitrogens with two attached hydrogens (primary N) is 1. The highest BCUT2D eigenvalue weighted by Crippen LogP contribution is 2.19. The van der Waals surface area contributed by atoms with Crippen molar-refractivity contribution in [1.29, 1.82) is 0 Å². The molecule has 0 aliphatic rings. The number of nitrogen functional groups attached to an aromatic ring is 1. The smallest absolute Gasteiger partial charge is 0.342 e. The number of nitrogens with zero attached hydrogens (tertiary/aromatic N) is 2. The van der Waals surface area contributed by atoms with Crippen molar-refractivity contribution in [2.45, 2.75) is 20.4 Å². The average molecular weight is 470 g/mol. The third kappa shape index (κ3) is 5.44. The van der Waals surface area contributed by atoms with Gasteiger partial charge in [0.05, 0.1) is 13.2 Å². The van der Waals surface area contributed by atoms with Gasteiger partial charge in [0.15, 0.2) is 12.3 Å². The van der Waals surface area contributed by atoms with Crippen LogP contribution in [0.2, 0.25) is 0 Å². The minimum absolute atomic E-state index is 0.0620. The van der Waals surface area contributed by atoms with Gasteiger partial charge in [-0.25, -0.2) is 9.59 Å². The highest BCUT2D eigenvalue weighted by molar-refractivity contribution is 5.98. The third-order valence-electron chi connectivity index (χ3n) is 5.08. The molecule has 34 heavy (non-hydrogen) atoms. The van der Waals surface area contributed by atoms with E-state index in [1.54, 1.807) is 38.1 Å². The van der Waals surface area contributed by atoms with Crippen molar-refractivity contribution in [3.05, 3.63) is 79.9 Å². The van der Waals surface area contributed by atoms with E-state index in [1.165, 1.54) is 13.2 Å². The first-order valence-corrected chi connectivity index (χ1v) is 10.4. The Morgan fingerprint density at radius 1 is 1.18 bits per heavy atom. The van der Waals surface area contributed by atoms with E-state index in [-0.39, 0.29) is 36.8 Å². The Morgan fingerprint density at radius 2 is 1.88 bits per heavy atom. The second kappa shape index (κ2) is 10.7. The van der Waals surface area contributed by atoms with Crippen LogP contribution in [-0.2, 0) is 20.8 Å². The number of ether oxygens (including phenoxy) is 2. The van der Waals surface area contributed by atoms with E-state index in [1.807, 2.05) is 6.07 Å². The third-order valence-corrected chi connectivity index (χ3v) is 5.08. The minimum Gasteiger partial charge on any atom is -0.466 e. The first-order chi connectivity index (χ1) is 16.2. The lowest BCUT2D eigenvalue weighted by Gasteiger charge is -2.24. The van der Waals surface area contributed by atoms with Crippen molar-refractivity contribution < 1.29 is 23.5 Å². The summed E-state index contributed by atoms with van der Waals surface area (Å²) in [5.74, 6) is -0.775. The van der Waals surface area contributed by atoms with E-state index in [2.05, 4.69) is 4.98 Å². The zero-order chi connectivity index (χ0) is 24.8. The molecule has 2 heterocycles. The van der Waals surface area contributed by atoms with Gasteiger partial charge in [0.25, 0.3) is 11.5 Å². The maximum atomic E-state index is 13.0. The predicted molar refractivity (Wildman–Crippen MR) is 124 cm³/mol. The Labute approximate surface area is 194 Å². The number of amides is 1. The summed E-state index contributed by atoms with van der Waals surface area (Å²) in [6.45, 7) is 2.70. The van der Waals surface area contributed by atoms with Gasteiger partial charge in [-0.15, -0.1) is 0 Å². The van der Waals surface area contributed by atoms with E-state index in [0.717, 1.165) is 15.0 Å². The Balaban J connectivity index is 1.90. The van der Waals surface area contributed by atoms with Crippen molar-refractivity contribution in [2.24, 2.45) is 0 Å². The fraction of sp³-hybridized carbons (Fsp3) is 0.304. The van der Waals surface area contributed by atoms with Crippen LogP contribution in [-0.4, -0.2) is 48.3 Å². The lowest BCUT2D eigenvalue weighted by Crippen LogP contribution is -2.44. The number of hydrogen-bond acceptors (Lipinski definition) is 8. The molecule has 0 radical (unpaired) electrons. The quantitative estimate of drug-likeness (QED) is 0.443.